The molecule has 1 aliphatic rings. The van der Waals surface area contributed by atoms with Gasteiger partial charge in [0, 0.05) is 17.7 Å². The first-order valence-corrected chi connectivity index (χ1v) is 8.31. The van der Waals surface area contributed by atoms with Gasteiger partial charge < -0.3 is 10.1 Å². The molecule has 0 saturated heterocycles. The van der Waals surface area contributed by atoms with Crippen LogP contribution in [-0.2, 0) is 0 Å². The first-order valence-electron chi connectivity index (χ1n) is 8.31. The lowest BCUT2D eigenvalue weighted by molar-refractivity contribution is -0.0498. The minimum Gasteiger partial charge on any atom is -0.435 e. The van der Waals surface area contributed by atoms with E-state index in [0.717, 1.165) is 24.3 Å². The molecule has 0 atom stereocenters. The quantitative estimate of drug-likeness (QED) is 0.752. The van der Waals surface area contributed by atoms with Crippen molar-refractivity contribution < 1.29 is 18.3 Å². The van der Waals surface area contributed by atoms with Gasteiger partial charge in [0.1, 0.15) is 11.6 Å². The van der Waals surface area contributed by atoms with Gasteiger partial charge in [-0.3, -0.25) is 9.20 Å². The molecule has 0 spiro atoms. The summed E-state index contributed by atoms with van der Waals surface area (Å²) in [6, 6.07) is 9.18. The number of benzene rings is 1. The summed E-state index contributed by atoms with van der Waals surface area (Å²) >= 11 is 0. The second-order valence-electron chi connectivity index (χ2n) is 6.19. The van der Waals surface area contributed by atoms with E-state index >= 15 is 0 Å². The number of rotatable bonds is 5. The Morgan fingerprint density at radius 3 is 2.81 bits per heavy atom. The molecule has 1 fully saturated rings. The standard InChI is InChI=1S/C18H16F2N4O2/c19-18(20)26-14-6-2-5-12(9-14)17(25)21-13-7-8-15-22-23-16(24(15)10-13)11-3-1-4-11/h2,5-11,18H,1,3-4H2,(H,21,25). The van der Waals surface area contributed by atoms with Crippen LogP contribution in [0.1, 0.15) is 41.4 Å². The predicted molar refractivity (Wildman–Crippen MR) is 90.6 cm³/mol. The molecule has 2 heterocycles. The molecular formula is C18H16F2N4O2. The summed E-state index contributed by atoms with van der Waals surface area (Å²) in [6.07, 6.45) is 5.15. The molecule has 6 nitrogen and oxygen atoms in total. The highest BCUT2D eigenvalue weighted by molar-refractivity contribution is 6.04. The lowest BCUT2D eigenvalue weighted by atomic mass is 9.85. The first-order chi connectivity index (χ1) is 12.6. The maximum Gasteiger partial charge on any atom is 0.387 e. The fourth-order valence-corrected chi connectivity index (χ4v) is 2.94. The molecule has 0 radical (unpaired) electrons. The van der Waals surface area contributed by atoms with E-state index in [1.54, 1.807) is 18.3 Å². The van der Waals surface area contributed by atoms with Gasteiger partial charge in [-0.25, -0.2) is 0 Å². The number of nitrogens with one attached hydrogen (secondary N) is 1. The summed E-state index contributed by atoms with van der Waals surface area (Å²) in [4.78, 5) is 12.4. The fourth-order valence-electron chi connectivity index (χ4n) is 2.94. The Kier molecular flexibility index (Phi) is 4.24. The smallest absolute Gasteiger partial charge is 0.387 e. The van der Waals surface area contributed by atoms with Crippen molar-refractivity contribution in [2.45, 2.75) is 31.8 Å². The molecule has 1 saturated carbocycles. The summed E-state index contributed by atoms with van der Waals surface area (Å²) in [7, 11) is 0. The summed E-state index contributed by atoms with van der Waals surface area (Å²) in [5, 5.41) is 11.2. The molecule has 1 aliphatic carbocycles. The van der Waals surface area contributed by atoms with Crippen molar-refractivity contribution >= 4 is 17.2 Å². The predicted octanol–water partition coefficient (Wildman–Crippen LogP) is 3.85. The molecular weight excluding hydrogens is 342 g/mol. The van der Waals surface area contributed by atoms with Crippen LogP contribution in [0.4, 0.5) is 14.5 Å². The molecule has 0 aliphatic heterocycles. The molecule has 8 heteroatoms. The minimum absolute atomic E-state index is 0.0609. The van der Waals surface area contributed by atoms with Gasteiger partial charge in [-0.15, -0.1) is 10.2 Å². The monoisotopic (exact) mass is 358 g/mol. The summed E-state index contributed by atoms with van der Waals surface area (Å²) in [5.41, 5.74) is 1.52. The van der Waals surface area contributed by atoms with Gasteiger partial charge in [-0.05, 0) is 43.2 Å². The molecule has 1 aromatic carbocycles. The minimum atomic E-state index is -2.94. The third-order valence-electron chi connectivity index (χ3n) is 4.48. The Hall–Kier alpha value is -3.03. The van der Waals surface area contributed by atoms with Crippen LogP contribution in [0.2, 0.25) is 0 Å². The van der Waals surface area contributed by atoms with Crippen LogP contribution in [0.15, 0.2) is 42.6 Å². The number of ether oxygens (including phenoxy) is 1. The van der Waals surface area contributed by atoms with Crippen LogP contribution >= 0.6 is 0 Å². The average Bonchev–Trinajstić information content (AvgIpc) is 2.96. The van der Waals surface area contributed by atoms with Crippen molar-refractivity contribution in [2.75, 3.05) is 5.32 Å². The van der Waals surface area contributed by atoms with Gasteiger partial charge in [0.15, 0.2) is 5.65 Å². The van der Waals surface area contributed by atoms with E-state index in [9.17, 15) is 13.6 Å². The zero-order valence-corrected chi connectivity index (χ0v) is 13.7. The Morgan fingerprint density at radius 2 is 2.08 bits per heavy atom. The molecule has 134 valence electrons. The fraction of sp³-hybridized carbons (Fsp3) is 0.278. The molecule has 3 aromatic rings. The van der Waals surface area contributed by atoms with E-state index < -0.39 is 12.5 Å². The van der Waals surface area contributed by atoms with Gasteiger partial charge in [0.2, 0.25) is 0 Å². The van der Waals surface area contributed by atoms with Crippen molar-refractivity contribution in [3.8, 4) is 5.75 Å². The summed E-state index contributed by atoms with van der Waals surface area (Å²) in [5.74, 6) is 0.824. The van der Waals surface area contributed by atoms with Crippen molar-refractivity contribution in [3.05, 3.63) is 54.0 Å². The number of amides is 1. The zero-order chi connectivity index (χ0) is 18.1. The largest absolute Gasteiger partial charge is 0.435 e. The third-order valence-corrected chi connectivity index (χ3v) is 4.48. The highest BCUT2D eigenvalue weighted by Gasteiger charge is 2.24. The SMILES string of the molecule is O=C(Nc1ccc2nnc(C3CCC3)n2c1)c1cccc(OC(F)F)c1. The van der Waals surface area contributed by atoms with Crippen molar-refractivity contribution in [3.63, 3.8) is 0 Å². The van der Waals surface area contributed by atoms with E-state index in [4.69, 9.17) is 0 Å². The van der Waals surface area contributed by atoms with Gasteiger partial charge in [-0.2, -0.15) is 8.78 Å². The lowest BCUT2D eigenvalue weighted by Gasteiger charge is -2.23. The lowest BCUT2D eigenvalue weighted by Crippen LogP contribution is -2.14. The van der Waals surface area contributed by atoms with Crippen molar-refractivity contribution in [1.82, 2.24) is 14.6 Å². The van der Waals surface area contributed by atoms with E-state index in [1.807, 2.05) is 4.40 Å². The average molecular weight is 358 g/mol. The maximum atomic E-state index is 12.4. The molecule has 1 amide bonds. The van der Waals surface area contributed by atoms with E-state index in [-0.39, 0.29) is 11.3 Å². The van der Waals surface area contributed by atoms with Gasteiger partial charge >= 0.3 is 6.61 Å². The second-order valence-corrected chi connectivity index (χ2v) is 6.19. The number of pyridine rings is 1. The number of carbonyl (C=O) groups excluding carboxylic acids is 1. The second kappa shape index (κ2) is 6.70. The Morgan fingerprint density at radius 1 is 1.23 bits per heavy atom. The number of carbonyl (C=O) groups is 1. The number of halogens is 2. The normalized spacial score (nSPS) is 14.4. The van der Waals surface area contributed by atoms with Crippen LogP contribution in [0.3, 0.4) is 0 Å². The molecule has 1 N–H and O–H groups in total. The van der Waals surface area contributed by atoms with Gasteiger partial charge in [0.05, 0.1) is 5.69 Å². The van der Waals surface area contributed by atoms with Crippen LogP contribution in [0.25, 0.3) is 5.65 Å². The van der Waals surface area contributed by atoms with Crippen LogP contribution in [0, 0.1) is 0 Å². The number of alkyl halides is 2. The highest BCUT2D eigenvalue weighted by atomic mass is 19.3. The highest BCUT2D eigenvalue weighted by Crippen LogP contribution is 2.35. The number of nitrogens with zero attached hydrogens (tertiary/aromatic N) is 3. The number of hydrogen-bond donors (Lipinski definition) is 1. The topological polar surface area (TPSA) is 68.5 Å². The zero-order valence-electron chi connectivity index (χ0n) is 13.7. The number of anilines is 1. The Labute approximate surface area is 147 Å². The van der Waals surface area contributed by atoms with Crippen LogP contribution in [0.5, 0.6) is 5.75 Å². The van der Waals surface area contributed by atoms with Crippen molar-refractivity contribution in [2.24, 2.45) is 0 Å². The first kappa shape index (κ1) is 16.4. The maximum absolute atomic E-state index is 12.4. The van der Waals surface area contributed by atoms with Crippen molar-refractivity contribution in [1.29, 1.82) is 0 Å². The summed E-state index contributed by atoms with van der Waals surface area (Å²) in [6.45, 7) is -2.94. The Bertz CT molecular complexity index is 953. The summed E-state index contributed by atoms with van der Waals surface area (Å²) < 4.78 is 30.8. The van der Waals surface area contributed by atoms with E-state index in [1.165, 1.54) is 30.7 Å². The molecule has 4 rings (SSSR count). The van der Waals surface area contributed by atoms with Gasteiger partial charge in [-0.1, -0.05) is 12.5 Å². The van der Waals surface area contributed by atoms with E-state index in [0.29, 0.717) is 11.6 Å². The molecule has 2 aromatic heterocycles. The van der Waals surface area contributed by atoms with Crippen LogP contribution in [-0.4, -0.2) is 27.1 Å². The Balaban J connectivity index is 1.55. The van der Waals surface area contributed by atoms with Gasteiger partial charge in [0.25, 0.3) is 5.91 Å². The number of aromatic nitrogens is 3. The number of hydrogen-bond acceptors (Lipinski definition) is 4. The third kappa shape index (κ3) is 3.22. The number of fused-ring (bicyclic) bond motifs is 1. The van der Waals surface area contributed by atoms with Crippen LogP contribution < -0.4 is 10.1 Å². The molecule has 26 heavy (non-hydrogen) atoms. The molecule has 0 bridgehead atoms. The molecule has 0 unspecified atom stereocenters. The van der Waals surface area contributed by atoms with E-state index in [2.05, 4.69) is 20.3 Å².